The van der Waals surface area contributed by atoms with Crippen LogP contribution in [0.4, 0.5) is 11.4 Å². The third kappa shape index (κ3) is 1.83. The number of anilines is 2. The Balaban J connectivity index is 2.24. The third-order valence-electron chi connectivity index (χ3n) is 2.86. The Labute approximate surface area is 94.9 Å². The van der Waals surface area contributed by atoms with Gasteiger partial charge in [-0.3, -0.25) is 4.79 Å². The second kappa shape index (κ2) is 3.70. The van der Waals surface area contributed by atoms with Crippen LogP contribution in [-0.2, 0) is 4.79 Å². The SMILES string of the molecule is CC1(C)Nc2ccccc2N1CCC(=O)O. The van der Waals surface area contributed by atoms with Crippen molar-refractivity contribution in [1.29, 1.82) is 0 Å². The average Bonchev–Trinajstić information content (AvgIpc) is 2.44. The molecule has 1 aromatic rings. The summed E-state index contributed by atoms with van der Waals surface area (Å²) in [6.45, 7) is 4.62. The number of hydrogen-bond acceptors (Lipinski definition) is 3. The molecule has 1 aliphatic heterocycles. The molecule has 1 aliphatic rings. The molecule has 0 fully saturated rings. The number of hydrogen-bond donors (Lipinski definition) is 2. The van der Waals surface area contributed by atoms with E-state index in [0.717, 1.165) is 11.4 Å². The molecule has 4 nitrogen and oxygen atoms in total. The molecule has 16 heavy (non-hydrogen) atoms. The van der Waals surface area contributed by atoms with Crippen LogP contribution in [0.3, 0.4) is 0 Å². The van der Waals surface area contributed by atoms with E-state index in [1.54, 1.807) is 0 Å². The highest BCUT2D eigenvalue weighted by atomic mass is 16.4. The van der Waals surface area contributed by atoms with Crippen LogP contribution < -0.4 is 10.2 Å². The fourth-order valence-corrected chi connectivity index (χ4v) is 2.12. The van der Waals surface area contributed by atoms with Crippen molar-refractivity contribution in [3.8, 4) is 0 Å². The quantitative estimate of drug-likeness (QED) is 0.819. The second-order valence-electron chi connectivity index (χ2n) is 4.50. The highest BCUT2D eigenvalue weighted by Gasteiger charge is 2.34. The highest BCUT2D eigenvalue weighted by molar-refractivity contribution is 5.78. The van der Waals surface area contributed by atoms with E-state index in [4.69, 9.17) is 5.11 Å². The van der Waals surface area contributed by atoms with Gasteiger partial charge in [0, 0.05) is 6.54 Å². The van der Waals surface area contributed by atoms with Crippen molar-refractivity contribution in [2.24, 2.45) is 0 Å². The molecule has 0 spiro atoms. The maximum absolute atomic E-state index is 10.6. The lowest BCUT2D eigenvalue weighted by molar-refractivity contribution is -0.136. The summed E-state index contributed by atoms with van der Waals surface area (Å²) in [5, 5.41) is 12.1. The van der Waals surface area contributed by atoms with E-state index in [-0.39, 0.29) is 12.1 Å². The van der Waals surface area contributed by atoms with Gasteiger partial charge in [-0.25, -0.2) is 0 Å². The predicted octanol–water partition coefficient (Wildman–Crippen LogP) is 2.13. The Morgan fingerprint density at radius 2 is 2.12 bits per heavy atom. The highest BCUT2D eigenvalue weighted by Crippen LogP contribution is 2.39. The van der Waals surface area contributed by atoms with Gasteiger partial charge >= 0.3 is 5.97 Å². The van der Waals surface area contributed by atoms with E-state index in [2.05, 4.69) is 24.1 Å². The van der Waals surface area contributed by atoms with Gasteiger partial charge in [-0.1, -0.05) is 12.1 Å². The Hall–Kier alpha value is -1.71. The summed E-state index contributed by atoms with van der Waals surface area (Å²) in [4.78, 5) is 12.7. The van der Waals surface area contributed by atoms with Crippen molar-refractivity contribution in [3.05, 3.63) is 24.3 Å². The zero-order chi connectivity index (χ0) is 11.8. The number of para-hydroxylation sites is 2. The van der Waals surface area contributed by atoms with Gasteiger partial charge in [0.1, 0.15) is 5.66 Å². The molecule has 0 atom stereocenters. The van der Waals surface area contributed by atoms with Crippen LogP contribution in [0.25, 0.3) is 0 Å². The van der Waals surface area contributed by atoms with Gasteiger partial charge in [-0.2, -0.15) is 0 Å². The molecule has 0 bridgehead atoms. The van der Waals surface area contributed by atoms with Crippen LogP contribution >= 0.6 is 0 Å². The van der Waals surface area contributed by atoms with Crippen molar-refractivity contribution >= 4 is 17.3 Å². The van der Waals surface area contributed by atoms with Crippen LogP contribution in [0, 0.1) is 0 Å². The van der Waals surface area contributed by atoms with E-state index in [1.165, 1.54) is 0 Å². The first-order valence-electron chi connectivity index (χ1n) is 5.37. The lowest BCUT2D eigenvalue weighted by Crippen LogP contribution is -2.46. The smallest absolute Gasteiger partial charge is 0.305 e. The van der Waals surface area contributed by atoms with Gasteiger partial charge in [-0.15, -0.1) is 0 Å². The molecule has 0 unspecified atom stereocenters. The maximum atomic E-state index is 10.6. The fourth-order valence-electron chi connectivity index (χ4n) is 2.12. The molecule has 0 saturated carbocycles. The summed E-state index contributed by atoms with van der Waals surface area (Å²) < 4.78 is 0. The molecule has 0 saturated heterocycles. The van der Waals surface area contributed by atoms with Crippen molar-refractivity contribution < 1.29 is 9.90 Å². The average molecular weight is 220 g/mol. The number of fused-ring (bicyclic) bond motifs is 1. The van der Waals surface area contributed by atoms with E-state index < -0.39 is 5.97 Å². The second-order valence-corrected chi connectivity index (χ2v) is 4.50. The molecule has 1 aromatic carbocycles. The fraction of sp³-hybridized carbons (Fsp3) is 0.417. The standard InChI is InChI=1S/C12H16N2O2/c1-12(2)13-9-5-3-4-6-10(9)14(12)8-7-11(15)16/h3-6,13H,7-8H2,1-2H3,(H,15,16). The van der Waals surface area contributed by atoms with Gasteiger partial charge in [0.2, 0.25) is 0 Å². The number of carbonyl (C=O) groups is 1. The molecule has 1 heterocycles. The molecule has 0 aromatic heterocycles. The predicted molar refractivity (Wildman–Crippen MR) is 63.7 cm³/mol. The summed E-state index contributed by atoms with van der Waals surface area (Å²) >= 11 is 0. The molecule has 0 radical (unpaired) electrons. The Morgan fingerprint density at radius 1 is 1.44 bits per heavy atom. The topological polar surface area (TPSA) is 52.6 Å². The van der Waals surface area contributed by atoms with E-state index >= 15 is 0 Å². The van der Waals surface area contributed by atoms with Crippen molar-refractivity contribution in [2.45, 2.75) is 25.9 Å². The normalized spacial score (nSPS) is 16.8. The lowest BCUT2D eigenvalue weighted by Gasteiger charge is -2.33. The van der Waals surface area contributed by atoms with E-state index in [9.17, 15) is 4.79 Å². The molecular weight excluding hydrogens is 204 g/mol. The molecule has 0 aliphatic carbocycles. The molecule has 86 valence electrons. The van der Waals surface area contributed by atoms with Crippen molar-refractivity contribution in [3.63, 3.8) is 0 Å². The number of aliphatic carboxylic acids is 1. The summed E-state index contributed by atoms with van der Waals surface area (Å²) in [6, 6.07) is 7.97. The molecular formula is C12H16N2O2. The number of nitrogens with zero attached hydrogens (tertiary/aromatic N) is 1. The van der Waals surface area contributed by atoms with Gasteiger partial charge in [0.15, 0.2) is 0 Å². The van der Waals surface area contributed by atoms with Crippen LogP contribution in [0.5, 0.6) is 0 Å². The maximum Gasteiger partial charge on any atom is 0.305 e. The number of rotatable bonds is 3. The van der Waals surface area contributed by atoms with Crippen LogP contribution in [0.15, 0.2) is 24.3 Å². The molecule has 0 amide bonds. The first-order valence-corrected chi connectivity index (χ1v) is 5.37. The number of carboxylic acids is 1. The minimum absolute atomic E-state index is 0.152. The summed E-state index contributed by atoms with van der Waals surface area (Å²) in [5.74, 6) is -0.764. The summed E-state index contributed by atoms with van der Waals surface area (Å²) in [6.07, 6.45) is 0.152. The number of carboxylic acid groups (broad SMARTS) is 1. The van der Waals surface area contributed by atoms with E-state index in [0.29, 0.717) is 6.54 Å². The summed E-state index contributed by atoms with van der Waals surface area (Å²) in [7, 11) is 0. The van der Waals surface area contributed by atoms with Gasteiger partial charge in [0.25, 0.3) is 0 Å². The van der Waals surface area contributed by atoms with Crippen LogP contribution in [-0.4, -0.2) is 23.3 Å². The number of nitrogens with one attached hydrogen (secondary N) is 1. The van der Waals surface area contributed by atoms with Crippen LogP contribution in [0.2, 0.25) is 0 Å². The van der Waals surface area contributed by atoms with Gasteiger partial charge < -0.3 is 15.3 Å². The lowest BCUT2D eigenvalue weighted by atomic mass is 10.2. The zero-order valence-corrected chi connectivity index (χ0v) is 9.53. The third-order valence-corrected chi connectivity index (χ3v) is 2.86. The monoisotopic (exact) mass is 220 g/mol. The minimum Gasteiger partial charge on any atom is -0.481 e. The van der Waals surface area contributed by atoms with Crippen molar-refractivity contribution in [2.75, 3.05) is 16.8 Å². The minimum atomic E-state index is -0.764. The molecule has 2 N–H and O–H groups in total. The Morgan fingerprint density at radius 3 is 2.81 bits per heavy atom. The number of benzene rings is 1. The molecule has 2 rings (SSSR count). The van der Waals surface area contributed by atoms with Gasteiger partial charge in [0.05, 0.1) is 17.8 Å². The largest absolute Gasteiger partial charge is 0.481 e. The van der Waals surface area contributed by atoms with Crippen molar-refractivity contribution in [1.82, 2.24) is 0 Å². The molecule has 4 heteroatoms. The Kier molecular flexibility index (Phi) is 2.50. The van der Waals surface area contributed by atoms with Crippen LogP contribution in [0.1, 0.15) is 20.3 Å². The Bertz CT molecular complexity index is 415. The van der Waals surface area contributed by atoms with Gasteiger partial charge in [-0.05, 0) is 26.0 Å². The first kappa shape index (κ1) is 10.8. The van der Waals surface area contributed by atoms with E-state index in [1.807, 2.05) is 24.3 Å². The first-order chi connectivity index (χ1) is 7.50. The zero-order valence-electron chi connectivity index (χ0n) is 9.53. The summed E-state index contributed by atoms with van der Waals surface area (Å²) in [5.41, 5.74) is 1.92.